The van der Waals surface area contributed by atoms with Crippen LogP contribution in [0, 0.1) is 6.92 Å². The minimum Gasteiger partial charge on any atom is -0.330 e. The lowest BCUT2D eigenvalue weighted by atomic mass is 9.72. The summed E-state index contributed by atoms with van der Waals surface area (Å²) >= 11 is 13.8. The molecule has 170 valence electrons. The number of nitrogens with zero attached hydrogens (tertiary/aromatic N) is 1. The van der Waals surface area contributed by atoms with Crippen LogP contribution in [-0.2, 0) is 20.9 Å². The molecule has 3 heterocycles. The highest BCUT2D eigenvalue weighted by Crippen LogP contribution is 2.66. The van der Waals surface area contributed by atoms with E-state index in [0.717, 1.165) is 33.5 Å². The molecule has 0 spiro atoms. The summed E-state index contributed by atoms with van der Waals surface area (Å²) in [4.78, 5) is 12.7. The first-order valence-corrected chi connectivity index (χ1v) is 12.2. The third-order valence-corrected chi connectivity index (χ3v) is 8.24. The number of benzene rings is 3. The lowest BCUT2D eigenvalue weighted by molar-refractivity contribution is -0.154. The molecule has 3 unspecified atom stereocenters. The highest BCUT2D eigenvalue weighted by molar-refractivity contribution is 6.42. The summed E-state index contributed by atoms with van der Waals surface area (Å²) in [5, 5.41) is 0.919. The van der Waals surface area contributed by atoms with Crippen LogP contribution in [0.2, 0.25) is 10.2 Å². The van der Waals surface area contributed by atoms with E-state index in [1.54, 1.807) is 6.92 Å². The molecule has 5 heteroatoms. The second-order valence-electron chi connectivity index (χ2n) is 9.17. The van der Waals surface area contributed by atoms with Gasteiger partial charge in [0.2, 0.25) is 0 Å². The molecule has 3 aromatic carbocycles. The molecule has 0 amide bonds. The van der Waals surface area contributed by atoms with Gasteiger partial charge >= 0.3 is 0 Å². The van der Waals surface area contributed by atoms with Crippen molar-refractivity contribution < 1.29 is 9.53 Å². The fourth-order valence-corrected chi connectivity index (χ4v) is 6.60. The normalized spacial score (nSPS) is 24.5. The number of carbonyl (C=O) groups is 1. The molecule has 2 bridgehead atoms. The molecule has 3 atom stereocenters. The third-order valence-electron chi connectivity index (χ3n) is 7.33. The number of carbonyl (C=O) groups excluding carboxylic acids is 1. The molecule has 1 aromatic heterocycles. The molecule has 2 aliphatic heterocycles. The van der Waals surface area contributed by atoms with E-state index in [2.05, 4.69) is 36.4 Å². The van der Waals surface area contributed by atoms with Gasteiger partial charge in [0, 0.05) is 29.2 Å². The molecule has 3 nitrogen and oxygen atoms in total. The van der Waals surface area contributed by atoms with Gasteiger partial charge in [-0.3, -0.25) is 4.57 Å². The molecule has 0 N–H and O–H groups in total. The van der Waals surface area contributed by atoms with Crippen molar-refractivity contribution in [2.24, 2.45) is 0 Å². The zero-order chi connectivity index (χ0) is 23.7. The smallest absolute Gasteiger partial charge is 0.200 e. The SMILES string of the molecule is CC(=O)CC1c2c(C)c(Cl)c(Cl)n2C2(c3ccccc3)OC1(c1ccccc1)c1ccccc12. The van der Waals surface area contributed by atoms with Gasteiger partial charge in [-0.2, -0.15) is 0 Å². The summed E-state index contributed by atoms with van der Waals surface area (Å²) in [6.07, 6.45) is 0.297. The fraction of sp³-hybridized carbons (Fsp3) is 0.207. The van der Waals surface area contributed by atoms with Crippen LogP contribution >= 0.6 is 23.2 Å². The molecule has 2 aliphatic rings. The molecule has 0 fully saturated rings. The van der Waals surface area contributed by atoms with Gasteiger partial charge in [-0.05, 0) is 30.5 Å². The van der Waals surface area contributed by atoms with Gasteiger partial charge < -0.3 is 9.53 Å². The van der Waals surface area contributed by atoms with Gasteiger partial charge in [0.25, 0.3) is 0 Å². The Labute approximate surface area is 208 Å². The van der Waals surface area contributed by atoms with E-state index < -0.39 is 11.3 Å². The number of ketones is 1. The van der Waals surface area contributed by atoms with Gasteiger partial charge in [-0.15, -0.1) is 0 Å². The summed E-state index contributed by atoms with van der Waals surface area (Å²) < 4.78 is 9.40. The van der Waals surface area contributed by atoms with Crippen molar-refractivity contribution in [2.75, 3.05) is 0 Å². The summed E-state index contributed by atoms with van der Waals surface area (Å²) in [5.41, 5.74) is 3.94. The van der Waals surface area contributed by atoms with Gasteiger partial charge in [-0.1, -0.05) is 108 Å². The monoisotopic (exact) mass is 487 g/mol. The van der Waals surface area contributed by atoms with E-state index in [-0.39, 0.29) is 11.7 Å². The Morgan fingerprint density at radius 2 is 1.44 bits per heavy atom. The second kappa shape index (κ2) is 7.58. The molecular formula is C29H23Cl2NO2. The Bertz CT molecular complexity index is 1430. The molecule has 4 aromatic rings. The minimum atomic E-state index is -1.02. The highest BCUT2D eigenvalue weighted by atomic mass is 35.5. The first-order valence-electron chi connectivity index (χ1n) is 11.4. The second-order valence-corrected chi connectivity index (χ2v) is 9.90. The molecular weight excluding hydrogens is 465 g/mol. The van der Waals surface area contributed by atoms with E-state index >= 15 is 0 Å². The fourth-order valence-electron chi connectivity index (χ4n) is 6.06. The maximum atomic E-state index is 12.7. The number of halogens is 2. The Balaban J connectivity index is 1.84. The quantitative estimate of drug-likeness (QED) is 0.304. The van der Waals surface area contributed by atoms with E-state index in [1.807, 2.05) is 60.0 Å². The standard InChI is InChI=1S/C29H23Cl2NO2/c1-18(33)17-24-26-19(2)25(30)27(31)32(26)29(21-13-7-4-8-14-21)23-16-10-9-15-22(23)28(24,34-29)20-11-5-3-6-12-20/h3-16,24H,17H2,1-2H3. The van der Waals surface area contributed by atoms with Crippen molar-refractivity contribution in [1.29, 1.82) is 0 Å². The molecule has 0 saturated carbocycles. The summed E-state index contributed by atoms with van der Waals surface area (Å²) in [7, 11) is 0. The number of aromatic nitrogens is 1. The van der Waals surface area contributed by atoms with Crippen LogP contribution in [0.4, 0.5) is 0 Å². The third kappa shape index (κ3) is 2.61. The number of ether oxygens (including phenoxy) is 1. The zero-order valence-corrected chi connectivity index (χ0v) is 20.4. The molecule has 6 rings (SSSR count). The summed E-state index contributed by atoms with van der Waals surface area (Å²) in [5.74, 6) is -0.224. The van der Waals surface area contributed by atoms with Crippen molar-refractivity contribution in [3.8, 4) is 0 Å². The van der Waals surface area contributed by atoms with Crippen LogP contribution in [0.25, 0.3) is 0 Å². The molecule has 34 heavy (non-hydrogen) atoms. The average molecular weight is 488 g/mol. The number of fused-ring (bicyclic) bond motifs is 7. The van der Waals surface area contributed by atoms with Gasteiger partial charge in [0.15, 0.2) is 5.72 Å². The maximum Gasteiger partial charge on any atom is 0.200 e. The van der Waals surface area contributed by atoms with Gasteiger partial charge in [0.1, 0.15) is 16.5 Å². The number of hydrogen-bond acceptors (Lipinski definition) is 2. The topological polar surface area (TPSA) is 31.2 Å². The Hall–Kier alpha value is -2.85. The van der Waals surface area contributed by atoms with Crippen LogP contribution in [0.3, 0.4) is 0 Å². The average Bonchev–Trinajstić information content (AvgIpc) is 3.27. The Morgan fingerprint density at radius 3 is 2.06 bits per heavy atom. The zero-order valence-electron chi connectivity index (χ0n) is 18.9. The maximum absolute atomic E-state index is 12.7. The van der Waals surface area contributed by atoms with Crippen molar-refractivity contribution >= 4 is 29.0 Å². The number of Topliss-reactive ketones (excluding diaryl/α,β-unsaturated/α-hetero) is 1. The predicted octanol–water partition coefficient (Wildman–Crippen LogP) is 7.20. The van der Waals surface area contributed by atoms with Gasteiger partial charge in [0.05, 0.1) is 5.02 Å². The van der Waals surface area contributed by atoms with Gasteiger partial charge in [-0.25, -0.2) is 0 Å². The predicted molar refractivity (Wildman–Crippen MR) is 135 cm³/mol. The Kier molecular flexibility index (Phi) is 4.83. The van der Waals surface area contributed by atoms with E-state index in [9.17, 15) is 4.79 Å². The van der Waals surface area contributed by atoms with E-state index in [4.69, 9.17) is 27.9 Å². The highest BCUT2D eigenvalue weighted by Gasteiger charge is 2.65. The van der Waals surface area contributed by atoms with E-state index in [1.165, 1.54) is 0 Å². The van der Waals surface area contributed by atoms with E-state index in [0.29, 0.717) is 16.6 Å². The Morgan fingerprint density at radius 1 is 0.882 bits per heavy atom. The number of rotatable bonds is 4. The summed E-state index contributed by atoms with van der Waals surface area (Å²) in [6, 6.07) is 28.6. The van der Waals surface area contributed by atoms with Crippen LogP contribution in [-0.4, -0.2) is 10.4 Å². The number of hydrogen-bond donors (Lipinski definition) is 0. The lowest BCUT2D eigenvalue weighted by Gasteiger charge is -2.48. The first kappa shape index (κ1) is 21.7. The largest absolute Gasteiger partial charge is 0.330 e. The van der Waals surface area contributed by atoms with Crippen LogP contribution < -0.4 is 0 Å². The van der Waals surface area contributed by atoms with Crippen LogP contribution in [0.15, 0.2) is 84.9 Å². The molecule has 0 aliphatic carbocycles. The lowest BCUT2D eigenvalue weighted by Crippen LogP contribution is -2.49. The summed E-state index contributed by atoms with van der Waals surface area (Å²) in [6.45, 7) is 3.62. The molecule has 0 radical (unpaired) electrons. The van der Waals surface area contributed by atoms with Crippen molar-refractivity contribution in [2.45, 2.75) is 37.5 Å². The van der Waals surface area contributed by atoms with Crippen molar-refractivity contribution in [3.63, 3.8) is 0 Å². The van der Waals surface area contributed by atoms with Crippen LogP contribution in [0.1, 0.15) is 52.8 Å². The van der Waals surface area contributed by atoms with Crippen LogP contribution in [0.5, 0.6) is 0 Å². The van der Waals surface area contributed by atoms with Crippen molar-refractivity contribution in [1.82, 2.24) is 4.57 Å². The first-order chi connectivity index (χ1) is 16.4. The van der Waals surface area contributed by atoms with Crippen molar-refractivity contribution in [3.05, 3.63) is 129 Å². The minimum absolute atomic E-state index is 0.0832. The molecule has 0 saturated heterocycles.